The van der Waals surface area contributed by atoms with E-state index >= 15 is 0 Å². The minimum Gasteiger partial charge on any atom is -0.468 e. The average molecular weight is 488 g/mol. The zero-order valence-corrected chi connectivity index (χ0v) is 20.1. The third-order valence-electron chi connectivity index (χ3n) is 6.20. The summed E-state index contributed by atoms with van der Waals surface area (Å²) >= 11 is 0. The minimum atomic E-state index is -1.83. The van der Waals surface area contributed by atoms with Gasteiger partial charge in [0.25, 0.3) is 11.5 Å². The van der Waals surface area contributed by atoms with Gasteiger partial charge in [0, 0.05) is 24.8 Å². The number of benzene rings is 1. The summed E-state index contributed by atoms with van der Waals surface area (Å²) in [6.45, 7) is 3.81. The van der Waals surface area contributed by atoms with Crippen molar-refractivity contribution in [2.75, 3.05) is 21.3 Å². The number of ether oxygens (including phenoxy) is 4. The molecule has 1 fully saturated rings. The van der Waals surface area contributed by atoms with E-state index in [1.807, 2.05) is 13.8 Å². The molecule has 35 heavy (non-hydrogen) atoms. The van der Waals surface area contributed by atoms with Crippen LogP contribution in [0.5, 0.6) is 0 Å². The zero-order valence-electron chi connectivity index (χ0n) is 20.1. The van der Waals surface area contributed by atoms with Crippen LogP contribution in [0.25, 0.3) is 0 Å². The summed E-state index contributed by atoms with van der Waals surface area (Å²) in [5.74, 6) is -5.08. The lowest BCUT2D eigenvalue weighted by atomic mass is 9.98. The molecule has 0 N–H and O–H groups in total. The maximum Gasteiger partial charge on any atom is 0.340 e. The molecule has 1 aliphatic rings. The van der Waals surface area contributed by atoms with Crippen LogP contribution in [0.4, 0.5) is 0 Å². The molecule has 188 valence electrons. The van der Waals surface area contributed by atoms with Gasteiger partial charge < -0.3 is 18.9 Å². The second kappa shape index (κ2) is 10.8. The number of carbonyl (C=O) groups excluding carboxylic acids is 3. The molecule has 0 radical (unpaired) electrons. The summed E-state index contributed by atoms with van der Waals surface area (Å²) in [5.41, 5.74) is -2.57. The van der Waals surface area contributed by atoms with Crippen molar-refractivity contribution in [1.82, 2.24) is 9.13 Å². The topological polar surface area (TPSA) is 132 Å². The van der Waals surface area contributed by atoms with Crippen LogP contribution in [-0.4, -0.2) is 60.5 Å². The lowest BCUT2D eigenvalue weighted by Gasteiger charge is -2.23. The number of rotatable bonds is 7. The van der Waals surface area contributed by atoms with Crippen LogP contribution in [0.3, 0.4) is 0 Å². The molecule has 0 bridgehead atoms. The Hall–Kier alpha value is -3.57. The van der Waals surface area contributed by atoms with Crippen LogP contribution in [0.2, 0.25) is 0 Å². The van der Waals surface area contributed by atoms with Gasteiger partial charge in [0.05, 0.1) is 25.9 Å². The van der Waals surface area contributed by atoms with Gasteiger partial charge >= 0.3 is 17.6 Å². The van der Waals surface area contributed by atoms with Gasteiger partial charge in [0.15, 0.2) is 12.1 Å². The molecule has 1 unspecified atom stereocenters. The predicted molar refractivity (Wildman–Crippen MR) is 122 cm³/mol. The molecule has 0 saturated carbocycles. The van der Waals surface area contributed by atoms with E-state index < -0.39 is 52.9 Å². The summed E-state index contributed by atoms with van der Waals surface area (Å²) in [7, 11) is 3.53. The Kier molecular flexibility index (Phi) is 8.03. The van der Waals surface area contributed by atoms with Gasteiger partial charge in [-0.15, -0.1) is 0 Å². The first-order valence-corrected chi connectivity index (χ1v) is 11.0. The van der Waals surface area contributed by atoms with E-state index in [4.69, 9.17) is 18.9 Å². The highest BCUT2D eigenvalue weighted by Crippen LogP contribution is 2.36. The van der Waals surface area contributed by atoms with Crippen molar-refractivity contribution < 1.29 is 33.3 Å². The summed E-state index contributed by atoms with van der Waals surface area (Å²) in [6.07, 6.45) is -0.258. The Balaban J connectivity index is 2.34. The van der Waals surface area contributed by atoms with E-state index in [2.05, 4.69) is 0 Å². The fourth-order valence-corrected chi connectivity index (χ4v) is 4.32. The Bertz CT molecular complexity index is 1200. The number of carbonyl (C=O) groups is 3. The summed E-state index contributed by atoms with van der Waals surface area (Å²) in [5, 5.41) is 0. The van der Waals surface area contributed by atoms with Crippen LogP contribution in [0.1, 0.15) is 48.3 Å². The maximum absolute atomic E-state index is 13.5. The first-order valence-electron chi connectivity index (χ1n) is 11.0. The lowest BCUT2D eigenvalue weighted by molar-refractivity contribution is -0.154. The smallest absolute Gasteiger partial charge is 0.340 e. The number of nitrogens with zero attached hydrogens (tertiary/aromatic N) is 2. The van der Waals surface area contributed by atoms with Crippen molar-refractivity contribution in [1.29, 1.82) is 0 Å². The van der Waals surface area contributed by atoms with E-state index in [0.717, 1.165) is 25.0 Å². The molecule has 11 nitrogen and oxygen atoms in total. The Morgan fingerprint density at radius 1 is 1.03 bits per heavy atom. The standard InChI is InChI=1S/C24H28N2O9/c1-6-16-13(2)18(32-3)21(35-16)25-12-15(17(22(29)33-4)23(30)34-5)20(28)26(24(25)31)19(27)14-10-8-7-9-11-14/h7-13,16-18,21H,6H2,1-5H3/t13-,16+,18?,21+/m0/s1. The second-order valence-corrected chi connectivity index (χ2v) is 8.10. The molecule has 1 saturated heterocycles. The molecule has 0 spiro atoms. The second-order valence-electron chi connectivity index (χ2n) is 8.10. The van der Waals surface area contributed by atoms with E-state index in [9.17, 15) is 24.0 Å². The molecule has 2 heterocycles. The van der Waals surface area contributed by atoms with Crippen LogP contribution >= 0.6 is 0 Å². The number of hydrogen-bond acceptors (Lipinski definition) is 9. The highest BCUT2D eigenvalue weighted by molar-refractivity contribution is 6.01. The van der Waals surface area contributed by atoms with Gasteiger partial charge in [-0.05, 0) is 18.6 Å². The number of methoxy groups -OCH3 is 3. The Morgan fingerprint density at radius 2 is 1.63 bits per heavy atom. The van der Waals surface area contributed by atoms with Crippen molar-refractivity contribution in [3.63, 3.8) is 0 Å². The molecule has 1 aromatic heterocycles. The summed E-state index contributed by atoms with van der Waals surface area (Å²) < 4.78 is 22.4. The predicted octanol–water partition coefficient (Wildman–Crippen LogP) is 1.09. The third kappa shape index (κ3) is 4.69. The highest BCUT2D eigenvalue weighted by Gasteiger charge is 2.44. The zero-order chi connectivity index (χ0) is 25.9. The maximum atomic E-state index is 13.5. The Labute approximate surface area is 201 Å². The largest absolute Gasteiger partial charge is 0.468 e. The molecule has 2 aromatic rings. The van der Waals surface area contributed by atoms with Crippen molar-refractivity contribution in [3.05, 3.63) is 68.5 Å². The third-order valence-corrected chi connectivity index (χ3v) is 6.20. The number of esters is 2. The molecule has 4 atom stereocenters. The summed E-state index contributed by atoms with van der Waals surface area (Å²) in [4.78, 5) is 65.3. The molecule has 1 aliphatic heterocycles. The highest BCUT2D eigenvalue weighted by atomic mass is 16.6. The minimum absolute atomic E-state index is 0.0542. The van der Waals surface area contributed by atoms with Gasteiger partial charge in [0.2, 0.25) is 0 Å². The van der Waals surface area contributed by atoms with Crippen LogP contribution < -0.4 is 11.2 Å². The molecule has 0 amide bonds. The lowest BCUT2D eigenvalue weighted by Crippen LogP contribution is -2.49. The van der Waals surface area contributed by atoms with Crippen molar-refractivity contribution in [2.24, 2.45) is 5.92 Å². The molecule has 11 heteroatoms. The summed E-state index contributed by atoms with van der Waals surface area (Å²) in [6, 6.07) is 7.67. The first kappa shape index (κ1) is 26.0. The molecular formula is C24H28N2O9. The monoisotopic (exact) mass is 488 g/mol. The van der Waals surface area contributed by atoms with Crippen LogP contribution in [0, 0.1) is 5.92 Å². The fourth-order valence-electron chi connectivity index (χ4n) is 4.32. The Morgan fingerprint density at radius 3 is 2.14 bits per heavy atom. The fraction of sp³-hybridized carbons (Fsp3) is 0.458. The van der Waals surface area contributed by atoms with E-state index in [-0.39, 0.29) is 17.6 Å². The van der Waals surface area contributed by atoms with Gasteiger partial charge in [-0.3, -0.25) is 23.7 Å². The van der Waals surface area contributed by atoms with E-state index in [1.165, 1.54) is 19.2 Å². The molecule has 1 aromatic carbocycles. The average Bonchev–Trinajstić information content (AvgIpc) is 3.20. The van der Waals surface area contributed by atoms with Crippen molar-refractivity contribution in [2.45, 2.75) is 44.6 Å². The molecule has 3 rings (SSSR count). The van der Waals surface area contributed by atoms with Crippen LogP contribution in [0.15, 0.2) is 46.1 Å². The van der Waals surface area contributed by atoms with E-state index in [0.29, 0.717) is 11.0 Å². The number of aromatic nitrogens is 2. The van der Waals surface area contributed by atoms with Crippen molar-refractivity contribution in [3.8, 4) is 0 Å². The first-order chi connectivity index (χ1) is 16.7. The van der Waals surface area contributed by atoms with E-state index in [1.54, 1.807) is 18.2 Å². The van der Waals surface area contributed by atoms with Gasteiger partial charge in [-0.1, -0.05) is 32.0 Å². The van der Waals surface area contributed by atoms with Gasteiger partial charge in [-0.25, -0.2) is 4.79 Å². The normalized spacial score (nSPS) is 21.7. The molecule has 0 aliphatic carbocycles. The van der Waals surface area contributed by atoms with Crippen molar-refractivity contribution >= 4 is 17.8 Å². The SMILES string of the molecule is CC[C@H]1O[C@@H](n2cc(C(C(=O)OC)C(=O)OC)c(=O)n(C(=O)c3ccccc3)c2=O)C(OC)[C@H]1C. The quantitative estimate of drug-likeness (QED) is 0.415. The van der Waals surface area contributed by atoms with Crippen LogP contribution in [-0.2, 0) is 28.5 Å². The van der Waals surface area contributed by atoms with Gasteiger partial charge in [0.1, 0.15) is 6.10 Å². The number of hydrogen-bond donors (Lipinski definition) is 0. The van der Waals surface area contributed by atoms with Gasteiger partial charge in [-0.2, -0.15) is 4.57 Å². The molecular weight excluding hydrogens is 460 g/mol.